The van der Waals surface area contributed by atoms with Crippen LogP contribution in [0.4, 0.5) is 0 Å². The summed E-state index contributed by atoms with van der Waals surface area (Å²) in [5.74, 6) is 0.187. The number of hydrogen-bond acceptors (Lipinski definition) is 6. The molecule has 2 amide bonds. The summed E-state index contributed by atoms with van der Waals surface area (Å²) in [7, 11) is 1.65. The van der Waals surface area contributed by atoms with Gasteiger partial charge in [0.05, 0.1) is 11.7 Å². The standard InChI is InChI=1S/C33H38N6O2S/c1-23(28-13-7-10-25-9-3-4-12-29(25)28)38-32(41)30(14-8-20-42-33(34)35-2)39-31(40)26-17-15-24(16-18-26)21-36-22-27-11-5-6-19-37-27/h3-7,9-13,15-19,23,30,36H,8,14,20-22H2,1-2H3,(H2,34,35)(H,38,41)(H,39,40)/t23-,30-/m0/s1. The second kappa shape index (κ2) is 15.7. The van der Waals surface area contributed by atoms with Crippen molar-refractivity contribution in [2.24, 2.45) is 10.7 Å². The van der Waals surface area contributed by atoms with Crippen molar-refractivity contribution in [1.29, 1.82) is 0 Å². The van der Waals surface area contributed by atoms with Crippen LogP contribution in [0.1, 0.15) is 53.0 Å². The zero-order chi connectivity index (χ0) is 29.7. The maximum Gasteiger partial charge on any atom is 0.251 e. The summed E-state index contributed by atoms with van der Waals surface area (Å²) >= 11 is 1.44. The molecule has 0 radical (unpaired) electrons. The number of rotatable bonds is 13. The summed E-state index contributed by atoms with van der Waals surface area (Å²) in [5.41, 5.74) is 9.36. The summed E-state index contributed by atoms with van der Waals surface area (Å²) in [6.45, 7) is 3.27. The fraction of sp³-hybridized carbons (Fsp3) is 0.273. The van der Waals surface area contributed by atoms with Crippen LogP contribution in [0.15, 0.2) is 96.1 Å². The number of carbonyl (C=O) groups excluding carboxylic acids is 2. The van der Waals surface area contributed by atoms with Gasteiger partial charge in [-0.1, -0.05) is 72.4 Å². The Bertz CT molecular complexity index is 1490. The minimum absolute atomic E-state index is 0.221. The van der Waals surface area contributed by atoms with Crippen LogP contribution in [0.3, 0.4) is 0 Å². The van der Waals surface area contributed by atoms with E-state index in [1.54, 1.807) is 25.4 Å². The molecule has 42 heavy (non-hydrogen) atoms. The second-order valence-electron chi connectivity index (χ2n) is 10.00. The van der Waals surface area contributed by atoms with Gasteiger partial charge >= 0.3 is 0 Å². The Morgan fingerprint density at radius 3 is 2.45 bits per heavy atom. The smallest absolute Gasteiger partial charge is 0.251 e. The lowest BCUT2D eigenvalue weighted by Gasteiger charge is -2.22. The number of aliphatic imine (C=N–C) groups is 1. The minimum atomic E-state index is -0.699. The van der Waals surface area contributed by atoms with Crippen LogP contribution in [0.2, 0.25) is 0 Å². The molecule has 5 N–H and O–H groups in total. The fourth-order valence-electron chi connectivity index (χ4n) is 4.67. The van der Waals surface area contributed by atoms with Crippen molar-refractivity contribution in [3.63, 3.8) is 0 Å². The lowest BCUT2D eigenvalue weighted by Crippen LogP contribution is -2.47. The molecule has 1 heterocycles. The Morgan fingerprint density at radius 1 is 0.929 bits per heavy atom. The maximum absolute atomic E-state index is 13.5. The molecule has 0 saturated carbocycles. The van der Waals surface area contributed by atoms with Gasteiger partial charge in [0.1, 0.15) is 6.04 Å². The van der Waals surface area contributed by atoms with Crippen LogP contribution in [0, 0.1) is 0 Å². The summed E-state index contributed by atoms with van der Waals surface area (Å²) in [6.07, 6.45) is 2.93. The van der Waals surface area contributed by atoms with Gasteiger partial charge < -0.3 is 21.7 Å². The first kappa shape index (κ1) is 30.7. The van der Waals surface area contributed by atoms with Gasteiger partial charge in [-0.15, -0.1) is 0 Å². The molecule has 0 saturated heterocycles. The van der Waals surface area contributed by atoms with Gasteiger partial charge in [0, 0.05) is 37.7 Å². The van der Waals surface area contributed by atoms with Crippen LogP contribution in [0.5, 0.6) is 0 Å². The summed E-state index contributed by atoms with van der Waals surface area (Å²) < 4.78 is 0. The third kappa shape index (κ3) is 8.89. The molecule has 0 bridgehead atoms. The van der Waals surface area contributed by atoms with Crippen molar-refractivity contribution in [1.82, 2.24) is 20.9 Å². The van der Waals surface area contributed by atoms with Crippen molar-refractivity contribution < 1.29 is 9.59 Å². The zero-order valence-corrected chi connectivity index (χ0v) is 24.9. The number of carbonyl (C=O) groups is 2. The van der Waals surface area contributed by atoms with Crippen LogP contribution in [-0.4, -0.2) is 40.8 Å². The molecule has 2 atom stereocenters. The van der Waals surface area contributed by atoms with E-state index in [0.717, 1.165) is 27.6 Å². The summed E-state index contributed by atoms with van der Waals surface area (Å²) in [4.78, 5) is 35.0. The monoisotopic (exact) mass is 582 g/mol. The van der Waals surface area contributed by atoms with E-state index < -0.39 is 6.04 Å². The fourth-order valence-corrected chi connectivity index (χ4v) is 5.32. The number of amides is 2. The quantitative estimate of drug-likeness (QED) is 0.100. The van der Waals surface area contributed by atoms with Crippen molar-refractivity contribution in [2.75, 3.05) is 12.8 Å². The Balaban J connectivity index is 1.39. The lowest BCUT2D eigenvalue weighted by molar-refractivity contribution is -0.123. The highest BCUT2D eigenvalue weighted by Gasteiger charge is 2.23. The van der Waals surface area contributed by atoms with Gasteiger partial charge in [0.25, 0.3) is 5.91 Å². The zero-order valence-electron chi connectivity index (χ0n) is 24.0. The second-order valence-corrected chi connectivity index (χ2v) is 11.1. The highest BCUT2D eigenvalue weighted by atomic mass is 32.2. The predicted octanol–water partition coefficient (Wildman–Crippen LogP) is 4.96. The molecule has 4 aromatic rings. The van der Waals surface area contributed by atoms with Gasteiger partial charge in [-0.3, -0.25) is 19.6 Å². The topological polar surface area (TPSA) is 122 Å². The molecule has 4 rings (SSSR count). The molecule has 0 aliphatic carbocycles. The summed E-state index contributed by atoms with van der Waals surface area (Å²) in [5, 5.41) is 12.2. The van der Waals surface area contributed by atoms with Gasteiger partial charge in [0.15, 0.2) is 5.17 Å². The van der Waals surface area contributed by atoms with Crippen LogP contribution < -0.4 is 21.7 Å². The molecule has 0 unspecified atom stereocenters. The number of nitrogens with zero attached hydrogens (tertiary/aromatic N) is 2. The first-order valence-electron chi connectivity index (χ1n) is 14.1. The number of benzene rings is 3. The molecule has 3 aromatic carbocycles. The number of nitrogens with two attached hydrogens (primary N) is 1. The normalized spacial score (nSPS) is 13.0. The average Bonchev–Trinajstić information content (AvgIpc) is 3.02. The molecule has 8 nitrogen and oxygen atoms in total. The number of pyridine rings is 1. The van der Waals surface area contributed by atoms with E-state index in [2.05, 4.69) is 44.1 Å². The summed E-state index contributed by atoms with van der Waals surface area (Å²) in [6, 6.07) is 26.5. The van der Waals surface area contributed by atoms with E-state index >= 15 is 0 Å². The van der Waals surface area contributed by atoms with Crippen LogP contribution >= 0.6 is 11.8 Å². The number of fused-ring (bicyclic) bond motifs is 1. The van der Waals surface area contributed by atoms with Gasteiger partial charge in [0.2, 0.25) is 5.91 Å². The first-order chi connectivity index (χ1) is 20.4. The van der Waals surface area contributed by atoms with E-state index in [1.807, 2.05) is 61.5 Å². The molecule has 0 spiro atoms. The molecular formula is C33H38N6O2S. The number of hydrogen-bond donors (Lipinski definition) is 4. The Labute approximate surface area is 251 Å². The Kier molecular flexibility index (Phi) is 11.5. The Morgan fingerprint density at radius 2 is 1.69 bits per heavy atom. The van der Waals surface area contributed by atoms with Gasteiger partial charge in [-0.25, -0.2) is 0 Å². The van der Waals surface area contributed by atoms with Gasteiger partial charge in [-0.05, 0) is 65.9 Å². The molecule has 9 heteroatoms. The highest BCUT2D eigenvalue weighted by Crippen LogP contribution is 2.24. The molecule has 218 valence electrons. The Hall–Kier alpha value is -4.21. The van der Waals surface area contributed by atoms with Gasteiger partial charge in [-0.2, -0.15) is 0 Å². The van der Waals surface area contributed by atoms with E-state index in [9.17, 15) is 9.59 Å². The molecule has 0 aliphatic rings. The van der Waals surface area contributed by atoms with Crippen LogP contribution in [0.25, 0.3) is 10.8 Å². The number of thioether (sulfide) groups is 1. The van der Waals surface area contributed by atoms with E-state index in [-0.39, 0.29) is 17.9 Å². The predicted molar refractivity (Wildman–Crippen MR) is 172 cm³/mol. The molecule has 0 fully saturated rings. The van der Waals surface area contributed by atoms with Crippen molar-refractivity contribution in [2.45, 2.75) is 44.9 Å². The van der Waals surface area contributed by atoms with Crippen molar-refractivity contribution in [3.8, 4) is 0 Å². The highest BCUT2D eigenvalue weighted by molar-refractivity contribution is 8.13. The van der Waals surface area contributed by atoms with E-state index in [0.29, 0.717) is 42.4 Å². The van der Waals surface area contributed by atoms with E-state index in [1.165, 1.54) is 11.8 Å². The van der Waals surface area contributed by atoms with Crippen LogP contribution in [-0.2, 0) is 17.9 Å². The molecule has 1 aromatic heterocycles. The maximum atomic E-state index is 13.5. The number of amidine groups is 1. The van der Waals surface area contributed by atoms with Crippen molar-refractivity contribution >= 4 is 39.5 Å². The van der Waals surface area contributed by atoms with E-state index in [4.69, 9.17) is 5.73 Å². The SMILES string of the molecule is CN=C(N)SCCC[C@H](NC(=O)c1ccc(CNCc2ccccn2)cc1)C(=O)N[C@@H](C)c1cccc2ccccc12. The average molecular weight is 583 g/mol. The van der Waals surface area contributed by atoms with Crippen molar-refractivity contribution in [3.05, 3.63) is 114 Å². The lowest BCUT2D eigenvalue weighted by atomic mass is 9.99. The minimum Gasteiger partial charge on any atom is -0.379 e. The molecular weight excluding hydrogens is 544 g/mol. The number of nitrogens with one attached hydrogen (secondary N) is 3. The first-order valence-corrected chi connectivity index (χ1v) is 15.1. The largest absolute Gasteiger partial charge is 0.379 e. The third-order valence-corrected chi connectivity index (χ3v) is 7.93. The number of aromatic nitrogens is 1. The molecule has 0 aliphatic heterocycles. The third-order valence-electron chi connectivity index (χ3n) is 6.96.